The van der Waals surface area contributed by atoms with Gasteiger partial charge in [-0.3, -0.25) is 9.58 Å². The van der Waals surface area contributed by atoms with Gasteiger partial charge in [0.1, 0.15) is 41.6 Å². The maximum absolute atomic E-state index is 14.3. The van der Waals surface area contributed by atoms with Crippen LogP contribution in [-0.2, 0) is 24.4 Å². The molecule has 0 saturated carbocycles. The number of carbonyl (C=O) groups is 1. The zero-order valence-corrected chi connectivity index (χ0v) is 31.7. The van der Waals surface area contributed by atoms with Gasteiger partial charge >= 0.3 is 5.97 Å². The van der Waals surface area contributed by atoms with E-state index in [9.17, 15) is 14.3 Å². The smallest absolute Gasteiger partial charge is 0.345 e. The second-order valence-electron chi connectivity index (χ2n) is 13.0. The lowest BCUT2D eigenvalue weighted by Crippen LogP contribution is -2.45. The lowest BCUT2D eigenvalue weighted by molar-refractivity contribution is -0.145. The van der Waals surface area contributed by atoms with Gasteiger partial charge in [-0.05, 0) is 61.9 Å². The molecule has 1 fully saturated rings. The first-order chi connectivity index (χ1) is 26.2. The summed E-state index contributed by atoms with van der Waals surface area (Å²) in [4.78, 5) is 27.5. The topological polar surface area (TPSA) is 128 Å². The molecule has 1 aliphatic heterocycles. The predicted octanol–water partition coefficient (Wildman–Crippen LogP) is 7.22. The van der Waals surface area contributed by atoms with Crippen molar-refractivity contribution in [2.75, 3.05) is 46.4 Å². The number of thiophene rings is 1. The van der Waals surface area contributed by atoms with Crippen LogP contribution in [0.25, 0.3) is 32.0 Å². The molecule has 1 N–H and O–H groups in total. The third-order valence-corrected chi connectivity index (χ3v) is 11.1. The van der Waals surface area contributed by atoms with Gasteiger partial charge in [0.15, 0.2) is 0 Å². The van der Waals surface area contributed by atoms with Crippen LogP contribution in [0.1, 0.15) is 23.7 Å². The Kier molecular flexibility index (Phi) is 11.4. The third-order valence-electron chi connectivity index (χ3n) is 9.52. The lowest BCUT2D eigenvalue weighted by Gasteiger charge is -2.32. The van der Waals surface area contributed by atoms with Crippen LogP contribution in [-0.4, -0.2) is 93.1 Å². The highest BCUT2D eigenvalue weighted by atomic mass is 35.5. The summed E-state index contributed by atoms with van der Waals surface area (Å²) in [7, 11) is 2.12. The second-order valence-corrected chi connectivity index (χ2v) is 14.4. The molecular formula is C39H40ClFN6O6S. The largest absolute Gasteiger partial charge is 0.491 e. The number of hydrogen-bond donors (Lipinski definition) is 1. The number of carboxylic acid groups (broad SMARTS) is 1. The molecule has 1 aliphatic rings. The third kappa shape index (κ3) is 8.06. The van der Waals surface area contributed by atoms with Crippen LogP contribution in [0.15, 0.2) is 71.5 Å². The number of piperazine rings is 1. The molecule has 0 bridgehead atoms. The van der Waals surface area contributed by atoms with Crippen LogP contribution in [0.4, 0.5) is 4.39 Å². The number of rotatable bonds is 15. The van der Waals surface area contributed by atoms with E-state index in [0.29, 0.717) is 67.0 Å². The van der Waals surface area contributed by atoms with Gasteiger partial charge in [0.2, 0.25) is 12.0 Å². The fourth-order valence-electron chi connectivity index (χ4n) is 6.51. The summed E-state index contributed by atoms with van der Waals surface area (Å²) in [5.74, 6) is 0.187. The Balaban J connectivity index is 1.20. The summed E-state index contributed by atoms with van der Waals surface area (Å²) >= 11 is 8.22. The van der Waals surface area contributed by atoms with Gasteiger partial charge in [0.25, 0.3) is 6.01 Å². The SMILES string of the molecule is CCn1nccc1COc1ccccc1C[C@@H](Oc1ncnc2sc(-c3ccc(F)o3)c(-c3ccc(OCCN4CCN(C)CC4)c(Cl)c3C)c12)C(=O)O. The van der Waals surface area contributed by atoms with Crippen molar-refractivity contribution in [2.24, 2.45) is 0 Å². The molecule has 0 aliphatic carbocycles. The average molecular weight is 775 g/mol. The van der Waals surface area contributed by atoms with E-state index in [1.165, 1.54) is 29.8 Å². The van der Waals surface area contributed by atoms with Gasteiger partial charge in [0, 0.05) is 63.5 Å². The maximum atomic E-state index is 14.3. The Labute approximate surface area is 320 Å². The van der Waals surface area contributed by atoms with Gasteiger partial charge in [-0.25, -0.2) is 14.8 Å². The van der Waals surface area contributed by atoms with E-state index in [-0.39, 0.29) is 24.7 Å². The molecule has 15 heteroatoms. The highest BCUT2D eigenvalue weighted by Gasteiger charge is 2.29. The van der Waals surface area contributed by atoms with Crippen molar-refractivity contribution < 1.29 is 32.9 Å². The van der Waals surface area contributed by atoms with Crippen molar-refractivity contribution in [3.05, 3.63) is 95.0 Å². The first-order valence-corrected chi connectivity index (χ1v) is 18.9. The van der Waals surface area contributed by atoms with Crippen molar-refractivity contribution in [3.8, 4) is 39.1 Å². The number of ether oxygens (including phenoxy) is 3. The summed E-state index contributed by atoms with van der Waals surface area (Å²) in [6, 6.07) is 14.8. The van der Waals surface area contributed by atoms with Crippen molar-refractivity contribution in [2.45, 2.75) is 39.5 Å². The number of para-hydroxylation sites is 1. The van der Waals surface area contributed by atoms with Gasteiger partial charge in [-0.2, -0.15) is 9.49 Å². The molecule has 2 aromatic carbocycles. The number of halogens is 2. The molecule has 12 nitrogen and oxygen atoms in total. The van der Waals surface area contributed by atoms with Crippen LogP contribution in [0, 0.1) is 12.9 Å². The monoisotopic (exact) mass is 774 g/mol. The minimum atomic E-state index is -1.35. The molecule has 4 aromatic heterocycles. The minimum absolute atomic E-state index is 0.0230. The standard InChI is InChI=1S/C39H40ClFN6O6S/c1-4-47-26(13-14-44-47)22-51-28-8-6-5-7-25(28)21-31(39(48)49)53-37-34-33(36(30-11-12-32(41)52-30)54-38(34)43-23-42-37)27-9-10-29(35(40)24(27)2)50-20-19-46-17-15-45(3)16-18-46/h5-14,23,31H,4,15-22H2,1-3H3,(H,48,49)/t31-/m1/s1. The molecule has 0 amide bonds. The van der Waals surface area contributed by atoms with Crippen molar-refractivity contribution in [1.82, 2.24) is 29.5 Å². The molecule has 54 heavy (non-hydrogen) atoms. The van der Waals surface area contributed by atoms with Crippen LogP contribution < -0.4 is 14.2 Å². The van der Waals surface area contributed by atoms with Crippen molar-refractivity contribution in [3.63, 3.8) is 0 Å². The second kappa shape index (κ2) is 16.6. The molecule has 0 spiro atoms. The Morgan fingerprint density at radius 3 is 2.63 bits per heavy atom. The number of aliphatic carboxylic acids is 1. The number of aromatic nitrogens is 4. The van der Waals surface area contributed by atoms with Crippen LogP contribution in [0.2, 0.25) is 5.02 Å². The summed E-state index contributed by atoms with van der Waals surface area (Å²) in [6.45, 7) is 10.1. The first kappa shape index (κ1) is 37.3. The van der Waals surface area contributed by atoms with Crippen LogP contribution >= 0.6 is 22.9 Å². The van der Waals surface area contributed by atoms with E-state index in [4.69, 9.17) is 30.2 Å². The lowest BCUT2D eigenvalue weighted by atomic mass is 9.97. The number of carboxylic acids is 1. The average Bonchev–Trinajstić information content (AvgIpc) is 3.92. The van der Waals surface area contributed by atoms with Crippen LogP contribution in [0.3, 0.4) is 0 Å². The summed E-state index contributed by atoms with van der Waals surface area (Å²) < 4.78 is 40.2. The quantitative estimate of drug-likeness (QED) is 0.114. The van der Waals surface area contributed by atoms with E-state index >= 15 is 0 Å². The number of benzene rings is 2. The summed E-state index contributed by atoms with van der Waals surface area (Å²) in [6.07, 6.45) is 1.65. The van der Waals surface area contributed by atoms with Crippen molar-refractivity contribution >= 4 is 39.1 Å². The molecule has 1 atom stereocenters. The Hall–Kier alpha value is -5.02. The fraction of sp³-hybridized carbons (Fsp3) is 0.333. The summed E-state index contributed by atoms with van der Waals surface area (Å²) in [5.41, 5.74) is 3.48. The van der Waals surface area contributed by atoms with E-state index in [0.717, 1.165) is 38.4 Å². The Morgan fingerprint density at radius 1 is 1.06 bits per heavy atom. The molecule has 1 saturated heterocycles. The Bertz CT molecular complexity index is 2250. The molecule has 7 rings (SSSR count). The molecule has 5 heterocycles. The van der Waals surface area contributed by atoms with Gasteiger partial charge < -0.3 is 28.6 Å². The molecule has 0 unspecified atom stereocenters. The fourth-order valence-corrected chi connectivity index (χ4v) is 7.84. The molecule has 0 radical (unpaired) electrons. The highest BCUT2D eigenvalue weighted by molar-refractivity contribution is 7.22. The zero-order valence-electron chi connectivity index (χ0n) is 30.1. The minimum Gasteiger partial charge on any atom is -0.491 e. The maximum Gasteiger partial charge on any atom is 0.345 e. The number of likely N-dealkylation sites (N-methyl/N-ethyl adjacent to an activating group) is 1. The van der Waals surface area contributed by atoms with Crippen molar-refractivity contribution in [1.29, 1.82) is 0 Å². The molecule has 6 aromatic rings. The number of fused-ring (bicyclic) bond motifs is 1. The molecular weight excluding hydrogens is 735 g/mol. The van der Waals surface area contributed by atoms with Gasteiger partial charge in [-0.1, -0.05) is 35.9 Å². The number of aryl methyl sites for hydroxylation is 1. The van der Waals surface area contributed by atoms with Crippen LogP contribution in [0.5, 0.6) is 17.4 Å². The van der Waals surface area contributed by atoms with Gasteiger partial charge in [-0.15, -0.1) is 11.3 Å². The number of hydrogen-bond acceptors (Lipinski definition) is 11. The predicted molar refractivity (Wildman–Crippen MR) is 204 cm³/mol. The highest BCUT2D eigenvalue weighted by Crippen LogP contribution is 2.49. The van der Waals surface area contributed by atoms with E-state index in [2.05, 4.69) is 31.9 Å². The van der Waals surface area contributed by atoms with E-state index in [1.807, 2.05) is 42.8 Å². The normalized spacial score (nSPS) is 14.4. The number of furan rings is 1. The number of nitrogens with zero attached hydrogens (tertiary/aromatic N) is 6. The van der Waals surface area contributed by atoms with E-state index < -0.39 is 18.1 Å². The summed E-state index contributed by atoms with van der Waals surface area (Å²) in [5, 5.41) is 15.6. The first-order valence-electron chi connectivity index (χ1n) is 17.7. The van der Waals surface area contributed by atoms with E-state index in [1.54, 1.807) is 24.4 Å². The Morgan fingerprint density at radius 2 is 1.87 bits per heavy atom. The molecule has 282 valence electrons. The zero-order chi connectivity index (χ0) is 37.8. The van der Waals surface area contributed by atoms with Gasteiger partial charge in [0.05, 0.1) is 21.0 Å².